The molecule has 0 spiro atoms. The average molecular weight is 666 g/mol. The second kappa shape index (κ2) is 15.2. The molecule has 4 aliphatic heterocycles. The summed E-state index contributed by atoms with van der Waals surface area (Å²) in [7, 11) is 2.14. The number of piperazine rings is 1. The van der Waals surface area contributed by atoms with Crippen LogP contribution in [0.25, 0.3) is 10.8 Å². The van der Waals surface area contributed by atoms with E-state index in [1.165, 1.54) is 21.9 Å². The number of rotatable bonds is 9. The molecule has 0 radical (unpaired) electrons. The summed E-state index contributed by atoms with van der Waals surface area (Å²) in [5, 5.41) is 12.2. The van der Waals surface area contributed by atoms with Crippen LogP contribution in [-0.2, 0) is 27.3 Å². The number of carbonyl (C=O) groups excluding carboxylic acids is 1. The molecule has 0 bridgehead atoms. The van der Waals surface area contributed by atoms with Crippen molar-refractivity contribution >= 4 is 22.5 Å². The second-order valence-electron chi connectivity index (χ2n) is 13.7. The minimum Gasteiger partial charge on any atom is -0.462 e. The number of morpholine rings is 1. The van der Waals surface area contributed by atoms with E-state index in [0.717, 1.165) is 62.8 Å². The number of benzene rings is 2. The Bertz CT molecular complexity index is 1710. The zero-order valence-electron chi connectivity index (χ0n) is 28.7. The predicted molar refractivity (Wildman–Crippen MR) is 187 cm³/mol. The van der Waals surface area contributed by atoms with Crippen LogP contribution in [0.5, 0.6) is 6.01 Å². The van der Waals surface area contributed by atoms with Gasteiger partial charge < -0.3 is 28.9 Å². The fraction of sp³-hybridized carbons (Fsp3) is 0.526. The van der Waals surface area contributed by atoms with E-state index in [9.17, 15) is 10.1 Å². The van der Waals surface area contributed by atoms with E-state index in [1.54, 1.807) is 6.08 Å². The number of fused-ring (bicyclic) bond motifs is 2. The first-order chi connectivity index (χ1) is 24.0. The number of aryl methyl sites for hydroxylation is 1. The zero-order chi connectivity index (χ0) is 33.7. The van der Waals surface area contributed by atoms with Gasteiger partial charge >= 0.3 is 6.01 Å². The SMILES string of the molecule is Cc1cccc2cccc(C3Cc4nc(OC[C@@H]5CCCN5C)nc(N5CCN(C(=O)/C=C/CN6CCOCC6)C(CC#N)C5)c4CO3)c12. The zero-order valence-corrected chi connectivity index (χ0v) is 28.7. The lowest BCUT2D eigenvalue weighted by Gasteiger charge is -2.42. The van der Waals surface area contributed by atoms with Gasteiger partial charge in [-0.05, 0) is 55.3 Å². The van der Waals surface area contributed by atoms with Gasteiger partial charge in [-0.2, -0.15) is 15.2 Å². The molecule has 3 atom stereocenters. The summed E-state index contributed by atoms with van der Waals surface area (Å²) in [5.41, 5.74) is 4.28. The highest BCUT2D eigenvalue weighted by atomic mass is 16.5. The lowest BCUT2D eigenvalue weighted by atomic mass is 9.92. The monoisotopic (exact) mass is 665 g/mol. The molecule has 1 aromatic heterocycles. The normalized spacial score (nSPS) is 23.6. The number of anilines is 1. The van der Waals surface area contributed by atoms with E-state index < -0.39 is 0 Å². The summed E-state index contributed by atoms with van der Waals surface area (Å²) in [5.74, 6) is 0.726. The van der Waals surface area contributed by atoms with Gasteiger partial charge in [-0.25, -0.2) is 0 Å². The Morgan fingerprint density at radius 2 is 1.92 bits per heavy atom. The van der Waals surface area contributed by atoms with Gasteiger partial charge in [-0.1, -0.05) is 42.5 Å². The molecule has 11 nitrogen and oxygen atoms in total. The van der Waals surface area contributed by atoms with Gasteiger partial charge in [0.15, 0.2) is 0 Å². The Labute approximate surface area is 289 Å². The topological polar surface area (TPSA) is 107 Å². The largest absolute Gasteiger partial charge is 0.462 e. The summed E-state index contributed by atoms with van der Waals surface area (Å²) in [4.78, 5) is 32.0. The molecule has 49 heavy (non-hydrogen) atoms. The van der Waals surface area contributed by atoms with Crippen molar-refractivity contribution in [2.24, 2.45) is 0 Å². The predicted octanol–water partition coefficient (Wildman–Crippen LogP) is 4.04. The van der Waals surface area contributed by atoms with Crippen LogP contribution in [0.1, 0.15) is 47.8 Å². The van der Waals surface area contributed by atoms with Crippen molar-refractivity contribution < 1.29 is 19.0 Å². The van der Waals surface area contributed by atoms with Gasteiger partial charge in [0.2, 0.25) is 5.91 Å². The maximum Gasteiger partial charge on any atom is 0.318 e. The molecule has 0 N–H and O–H groups in total. The molecule has 1 amide bonds. The van der Waals surface area contributed by atoms with Crippen LogP contribution < -0.4 is 9.64 Å². The number of amides is 1. The molecule has 11 heteroatoms. The highest BCUT2D eigenvalue weighted by Crippen LogP contribution is 2.38. The molecule has 3 aromatic rings. The molecule has 3 saturated heterocycles. The molecule has 4 aliphatic rings. The number of likely N-dealkylation sites (tertiary alicyclic amines) is 1. The van der Waals surface area contributed by atoms with Crippen LogP contribution in [0.2, 0.25) is 0 Å². The number of nitrogens with zero attached hydrogens (tertiary/aromatic N) is 7. The van der Waals surface area contributed by atoms with Gasteiger partial charge in [0.25, 0.3) is 0 Å². The fourth-order valence-corrected chi connectivity index (χ4v) is 7.75. The Hall–Kier alpha value is -4.08. The Morgan fingerprint density at radius 3 is 2.71 bits per heavy atom. The Morgan fingerprint density at radius 1 is 1.08 bits per heavy atom. The number of carbonyl (C=O) groups is 1. The second-order valence-corrected chi connectivity index (χ2v) is 13.7. The number of nitriles is 1. The van der Waals surface area contributed by atoms with Gasteiger partial charge in [0.05, 0.1) is 50.2 Å². The van der Waals surface area contributed by atoms with Crippen molar-refractivity contribution in [2.45, 2.75) is 57.4 Å². The van der Waals surface area contributed by atoms with Crippen molar-refractivity contribution in [1.29, 1.82) is 5.26 Å². The summed E-state index contributed by atoms with van der Waals surface area (Å²) in [6.45, 7) is 9.59. The summed E-state index contributed by atoms with van der Waals surface area (Å²) >= 11 is 0. The molecular formula is C38H47N7O4. The average Bonchev–Trinajstić information content (AvgIpc) is 3.54. The van der Waals surface area contributed by atoms with Crippen molar-refractivity contribution in [3.8, 4) is 12.1 Å². The molecule has 0 aliphatic carbocycles. The maximum atomic E-state index is 13.4. The quantitative estimate of drug-likeness (QED) is 0.311. The van der Waals surface area contributed by atoms with Gasteiger partial charge in [0, 0.05) is 63.4 Å². The first kappa shape index (κ1) is 33.4. The number of ether oxygens (including phenoxy) is 3. The Balaban J connectivity index is 1.14. The lowest BCUT2D eigenvalue weighted by molar-refractivity contribution is -0.128. The third-order valence-corrected chi connectivity index (χ3v) is 10.5. The van der Waals surface area contributed by atoms with Crippen molar-refractivity contribution in [2.75, 3.05) is 77.6 Å². The molecule has 2 aromatic carbocycles. The van der Waals surface area contributed by atoms with E-state index in [0.29, 0.717) is 57.9 Å². The van der Waals surface area contributed by atoms with E-state index in [1.807, 2.05) is 11.0 Å². The summed E-state index contributed by atoms with van der Waals surface area (Å²) < 4.78 is 18.4. The van der Waals surface area contributed by atoms with Crippen molar-refractivity contribution in [3.63, 3.8) is 0 Å². The minimum absolute atomic E-state index is 0.0564. The highest BCUT2D eigenvalue weighted by molar-refractivity contribution is 5.89. The third kappa shape index (κ3) is 7.43. The number of aromatic nitrogens is 2. The Kier molecular flexibility index (Phi) is 10.4. The molecule has 258 valence electrons. The number of likely N-dealkylation sites (N-methyl/N-ethyl adjacent to an activating group) is 1. The van der Waals surface area contributed by atoms with Crippen molar-refractivity contribution in [3.05, 3.63) is 70.9 Å². The molecule has 7 rings (SSSR count). The minimum atomic E-state index is -0.266. The number of hydrogen-bond donors (Lipinski definition) is 0. The van der Waals surface area contributed by atoms with Crippen LogP contribution in [-0.4, -0.2) is 115 Å². The molecular weight excluding hydrogens is 618 g/mol. The summed E-state index contributed by atoms with van der Waals surface area (Å²) in [6, 6.07) is 15.6. The molecule has 3 fully saturated rings. The van der Waals surface area contributed by atoms with Gasteiger partial charge in [0.1, 0.15) is 12.4 Å². The summed E-state index contributed by atoms with van der Waals surface area (Å²) in [6.07, 6.45) is 6.54. The first-order valence-electron chi connectivity index (χ1n) is 17.7. The third-order valence-electron chi connectivity index (χ3n) is 10.5. The van der Waals surface area contributed by atoms with Gasteiger partial charge in [-0.3, -0.25) is 9.69 Å². The lowest BCUT2D eigenvalue weighted by Crippen LogP contribution is -2.55. The smallest absolute Gasteiger partial charge is 0.318 e. The standard InChI is InChI=1S/C38H47N7O4/c1-27-7-3-8-28-9-4-11-31(36(27)28)34-23-33-32(26-48-34)37(41-38(40-33)49-25-30-10-5-15-42(30)2)44-17-18-45(29(24-44)13-14-39)35(46)12-6-16-43-19-21-47-22-20-43/h3-4,6-9,11-12,29-30,34H,5,10,13,15-26H2,1-2H3/b12-6+/t29?,30-,34?/m0/s1. The van der Waals surface area contributed by atoms with Crippen LogP contribution in [0, 0.1) is 18.3 Å². The van der Waals surface area contributed by atoms with E-state index in [2.05, 4.69) is 71.1 Å². The molecule has 0 saturated carbocycles. The number of hydrogen-bond acceptors (Lipinski definition) is 10. The van der Waals surface area contributed by atoms with Crippen molar-refractivity contribution in [1.82, 2.24) is 24.7 Å². The van der Waals surface area contributed by atoms with Crippen LogP contribution >= 0.6 is 0 Å². The van der Waals surface area contributed by atoms with Gasteiger partial charge in [-0.15, -0.1) is 0 Å². The highest BCUT2D eigenvalue weighted by Gasteiger charge is 2.35. The van der Waals surface area contributed by atoms with E-state index >= 15 is 0 Å². The van der Waals surface area contributed by atoms with E-state index in [4.69, 9.17) is 24.2 Å². The maximum absolute atomic E-state index is 13.4. The van der Waals surface area contributed by atoms with Crippen LogP contribution in [0.4, 0.5) is 5.82 Å². The molecule has 2 unspecified atom stereocenters. The van der Waals surface area contributed by atoms with E-state index in [-0.39, 0.29) is 24.5 Å². The first-order valence-corrected chi connectivity index (χ1v) is 17.7. The van der Waals surface area contributed by atoms with Crippen LogP contribution in [0.15, 0.2) is 48.6 Å². The fourth-order valence-electron chi connectivity index (χ4n) is 7.75. The molecule has 5 heterocycles. The van der Waals surface area contributed by atoms with Crippen LogP contribution in [0.3, 0.4) is 0 Å².